The van der Waals surface area contributed by atoms with Crippen LogP contribution in [0.25, 0.3) is 10.9 Å². The van der Waals surface area contributed by atoms with Crippen molar-refractivity contribution in [3.63, 3.8) is 0 Å². The molecule has 3 N–H and O–H groups in total. The van der Waals surface area contributed by atoms with E-state index in [0.717, 1.165) is 41.2 Å². The summed E-state index contributed by atoms with van der Waals surface area (Å²) in [6.07, 6.45) is 2.48. The number of hydrogen-bond acceptors (Lipinski definition) is 8. The molecule has 2 aliphatic heterocycles. The maximum atomic E-state index is 13.5. The van der Waals surface area contributed by atoms with Crippen LogP contribution in [0.4, 0.5) is 14.5 Å². The van der Waals surface area contributed by atoms with E-state index in [2.05, 4.69) is 20.1 Å². The highest BCUT2D eigenvalue weighted by atomic mass is 19.1. The van der Waals surface area contributed by atoms with Crippen molar-refractivity contribution < 1.29 is 33.3 Å². The molecule has 0 amide bonds. The Morgan fingerprint density at radius 3 is 2.49 bits per heavy atom. The minimum atomic E-state index is -0.943. The first-order valence-electron chi connectivity index (χ1n) is 14.9. The maximum Gasteiger partial charge on any atom is 0.309 e. The number of aliphatic carboxylic acids is 1. The average Bonchev–Trinajstić information content (AvgIpc) is 3.00. The Bertz CT molecular complexity index is 1390. The molecule has 2 aromatic carbocycles. The molecule has 0 aliphatic carbocycles. The smallest absolute Gasteiger partial charge is 0.309 e. The molecule has 0 saturated carbocycles. The van der Waals surface area contributed by atoms with Crippen molar-refractivity contribution >= 4 is 22.6 Å². The molecule has 43 heavy (non-hydrogen) atoms. The number of rotatable bonds is 12. The van der Waals surface area contributed by atoms with E-state index in [1.165, 1.54) is 12.1 Å². The summed E-state index contributed by atoms with van der Waals surface area (Å²) in [6, 6.07) is 8.92. The fraction of sp³-hybridized carbons (Fsp3) is 0.500. The van der Waals surface area contributed by atoms with Gasteiger partial charge in [0.05, 0.1) is 37.4 Å². The molecular formula is C32H40F2N4O5. The zero-order valence-corrected chi connectivity index (χ0v) is 24.5. The minimum Gasteiger partial charge on any atom is -0.497 e. The second-order valence-electron chi connectivity index (χ2n) is 11.5. The van der Waals surface area contributed by atoms with Gasteiger partial charge in [-0.05, 0) is 80.2 Å². The van der Waals surface area contributed by atoms with E-state index in [4.69, 9.17) is 9.47 Å². The number of nitrogens with one attached hydrogen (secondary N) is 1. The monoisotopic (exact) mass is 598 g/mol. The number of fused-ring (bicyclic) bond motifs is 1. The van der Waals surface area contributed by atoms with E-state index in [1.54, 1.807) is 7.11 Å². The number of aliphatic hydroxyl groups is 1. The first-order valence-corrected chi connectivity index (χ1v) is 14.9. The molecule has 1 aromatic heterocycles. The fourth-order valence-corrected chi connectivity index (χ4v) is 6.23. The molecule has 0 bridgehead atoms. The lowest BCUT2D eigenvalue weighted by Crippen LogP contribution is -2.45. The van der Waals surface area contributed by atoms with Crippen LogP contribution in [0.3, 0.4) is 0 Å². The Morgan fingerprint density at radius 2 is 1.81 bits per heavy atom. The van der Waals surface area contributed by atoms with Crippen LogP contribution in [0, 0.1) is 17.0 Å². The van der Waals surface area contributed by atoms with Crippen molar-refractivity contribution in [2.75, 3.05) is 64.9 Å². The predicted octanol–water partition coefficient (Wildman–Crippen LogP) is 4.45. The maximum absolute atomic E-state index is 13.5. The molecule has 3 aromatic rings. The number of pyridine rings is 1. The lowest BCUT2D eigenvalue weighted by atomic mass is 9.73. The van der Waals surface area contributed by atoms with Crippen LogP contribution < -0.4 is 10.1 Å². The molecule has 5 rings (SSSR count). The van der Waals surface area contributed by atoms with E-state index in [-0.39, 0.29) is 0 Å². The number of morpholine rings is 1. The number of methoxy groups -OCH3 is 1. The Morgan fingerprint density at radius 1 is 1.09 bits per heavy atom. The van der Waals surface area contributed by atoms with Gasteiger partial charge in [-0.25, -0.2) is 8.78 Å². The summed E-state index contributed by atoms with van der Waals surface area (Å²) in [7, 11) is 1.60. The minimum absolute atomic E-state index is 0.297. The number of carboxylic acids is 1. The van der Waals surface area contributed by atoms with Gasteiger partial charge in [0.15, 0.2) is 0 Å². The molecule has 9 nitrogen and oxygen atoms in total. The summed E-state index contributed by atoms with van der Waals surface area (Å²) in [5.74, 6) is -1.46. The van der Waals surface area contributed by atoms with E-state index in [0.29, 0.717) is 83.1 Å². The fourth-order valence-electron chi connectivity index (χ4n) is 6.23. The van der Waals surface area contributed by atoms with Gasteiger partial charge in [-0.1, -0.05) is 0 Å². The number of hydrogen-bond donors (Lipinski definition) is 3. The normalized spacial score (nSPS) is 18.4. The van der Waals surface area contributed by atoms with Crippen LogP contribution in [-0.2, 0) is 16.1 Å². The van der Waals surface area contributed by atoms with Crippen LogP contribution in [0.15, 0.2) is 42.6 Å². The number of carbonyl (C=O) groups is 1. The van der Waals surface area contributed by atoms with Crippen molar-refractivity contribution in [1.82, 2.24) is 14.8 Å². The first-order chi connectivity index (χ1) is 20.8. The van der Waals surface area contributed by atoms with Crippen molar-refractivity contribution in [3.05, 3.63) is 65.4 Å². The van der Waals surface area contributed by atoms with Crippen LogP contribution in [-0.4, -0.2) is 90.6 Å². The summed E-state index contributed by atoms with van der Waals surface area (Å²) in [4.78, 5) is 21.7. The SMILES string of the molecule is COc1ccc2ncc(CN3CCOCC3)c([C@@H](O)CCC3(C(=O)O)CCN(CCNc4cc(F)cc(F)c4)CC3)c2c1. The van der Waals surface area contributed by atoms with Crippen molar-refractivity contribution in [1.29, 1.82) is 0 Å². The second-order valence-corrected chi connectivity index (χ2v) is 11.5. The molecule has 2 saturated heterocycles. The van der Waals surface area contributed by atoms with Gasteiger partial charge < -0.3 is 29.9 Å². The number of nitrogens with zero attached hydrogens (tertiary/aromatic N) is 3. The lowest BCUT2D eigenvalue weighted by molar-refractivity contribution is -0.153. The first kappa shape index (κ1) is 31.1. The van der Waals surface area contributed by atoms with Crippen LogP contribution in [0.5, 0.6) is 5.75 Å². The third-order valence-corrected chi connectivity index (χ3v) is 8.81. The van der Waals surface area contributed by atoms with Gasteiger partial charge >= 0.3 is 5.97 Å². The van der Waals surface area contributed by atoms with Crippen molar-refractivity contribution in [2.24, 2.45) is 5.41 Å². The summed E-state index contributed by atoms with van der Waals surface area (Å²) in [5.41, 5.74) is 1.86. The third-order valence-electron chi connectivity index (χ3n) is 8.81. The standard InChI is InChI=1S/C32H40F2N4O5/c1-42-26-2-3-28-27(19-26)30(22(20-36-28)21-38-12-14-43-15-13-38)29(39)4-5-32(31(40)41)6-9-37(10-7-32)11-8-35-25-17-23(33)16-24(34)18-25/h2-3,16-20,29,35,39H,4-15,21H2,1H3,(H,40,41)/t29-/m0/s1. The highest BCUT2D eigenvalue weighted by molar-refractivity contribution is 5.85. The number of aromatic nitrogens is 1. The molecule has 2 fully saturated rings. The molecular weight excluding hydrogens is 558 g/mol. The Labute approximate surface area is 250 Å². The molecule has 0 spiro atoms. The third kappa shape index (κ3) is 7.59. The van der Waals surface area contributed by atoms with Crippen LogP contribution >= 0.6 is 0 Å². The quantitative estimate of drug-likeness (QED) is 0.279. The number of halogens is 2. The largest absolute Gasteiger partial charge is 0.497 e. The number of ether oxygens (including phenoxy) is 2. The van der Waals surface area contributed by atoms with Gasteiger partial charge in [0, 0.05) is 56.1 Å². The van der Waals surface area contributed by atoms with E-state index < -0.39 is 29.1 Å². The summed E-state index contributed by atoms with van der Waals surface area (Å²) in [6.45, 7) is 5.77. The van der Waals surface area contributed by atoms with Gasteiger partial charge in [0.1, 0.15) is 17.4 Å². The summed E-state index contributed by atoms with van der Waals surface area (Å²) >= 11 is 0. The summed E-state index contributed by atoms with van der Waals surface area (Å²) in [5, 5.41) is 25.8. The number of piperidine rings is 1. The zero-order valence-electron chi connectivity index (χ0n) is 24.5. The predicted molar refractivity (Wildman–Crippen MR) is 159 cm³/mol. The van der Waals surface area contributed by atoms with E-state index in [9.17, 15) is 23.8 Å². The summed E-state index contributed by atoms with van der Waals surface area (Å²) < 4.78 is 37.9. The Kier molecular flexibility index (Phi) is 10.1. The van der Waals surface area contributed by atoms with Gasteiger partial charge in [0.2, 0.25) is 0 Å². The Hall–Kier alpha value is -3.38. The number of aliphatic hydroxyl groups excluding tert-OH is 1. The van der Waals surface area contributed by atoms with Gasteiger partial charge in [-0.3, -0.25) is 14.7 Å². The molecule has 0 radical (unpaired) electrons. The molecule has 1 atom stereocenters. The number of likely N-dealkylation sites (tertiary alicyclic amines) is 1. The second kappa shape index (κ2) is 13.9. The highest BCUT2D eigenvalue weighted by Crippen LogP contribution is 2.40. The van der Waals surface area contributed by atoms with E-state index >= 15 is 0 Å². The molecule has 3 heterocycles. The molecule has 232 valence electrons. The molecule has 11 heteroatoms. The van der Waals surface area contributed by atoms with Crippen molar-refractivity contribution in [2.45, 2.75) is 38.3 Å². The zero-order chi connectivity index (χ0) is 30.4. The van der Waals surface area contributed by atoms with Gasteiger partial charge in [0.25, 0.3) is 0 Å². The van der Waals surface area contributed by atoms with Crippen LogP contribution in [0.2, 0.25) is 0 Å². The van der Waals surface area contributed by atoms with Crippen molar-refractivity contribution in [3.8, 4) is 5.75 Å². The van der Waals surface area contributed by atoms with Crippen LogP contribution in [0.1, 0.15) is 42.9 Å². The topological polar surface area (TPSA) is 107 Å². The number of benzene rings is 2. The molecule has 0 unspecified atom stereocenters. The highest BCUT2D eigenvalue weighted by Gasteiger charge is 2.41. The van der Waals surface area contributed by atoms with Gasteiger partial charge in [-0.2, -0.15) is 0 Å². The lowest BCUT2D eigenvalue weighted by Gasteiger charge is -2.39. The molecule has 2 aliphatic rings. The average molecular weight is 599 g/mol. The van der Waals surface area contributed by atoms with Gasteiger partial charge in [-0.15, -0.1) is 0 Å². The number of anilines is 1. The number of carboxylic acid groups (broad SMARTS) is 1. The van der Waals surface area contributed by atoms with E-state index in [1.807, 2.05) is 24.4 Å². The Balaban J connectivity index is 1.25.